The van der Waals surface area contributed by atoms with Crippen LogP contribution in [0.25, 0.3) is 0 Å². The van der Waals surface area contributed by atoms with E-state index in [1.165, 1.54) is 0 Å². The molecule has 2 atom stereocenters. The van der Waals surface area contributed by atoms with Gasteiger partial charge in [0.05, 0.1) is 18.5 Å². The summed E-state index contributed by atoms with van der Waals surface area (Å²) in [5.74, 6) is 0.939. The molecule has 2 aromatic carbocycles. The van der Waals surface area contributed by atoms with Gasteiger partial charge < -0.3 is 14.4 Å². The maximum Gasteiger partial charge on any atom is 0.368 e. The lowest BCUT2D eigenvalue weighted by Crippen LogP contribution is -2.17. The van der Waals surface area contributed by atoms with E-state index < -0.39 is 7.60 Å². The van der Waals surface area contributed by atoms with Crippen molar-refractivity contribution in [2.75, 3.05) is 13.0 Å². The Morgan fingerprint density at radius 3 is 2.38 bits per heavy atom. The average molecular weight is 547 g/mol. The summed E-state index contributed by atoms with van der Waals surface area (Å²) in [6, 6.07) is 11.2. The van der Waals surface area contributed by atoms with Gasteiger partial charge in [-0.15, -0.1) is 0 Å². The molecule has 1 heterocycles. The van der Waals surface area contributed by atoms with E-state index in [9.17, 15) is 9.67 Å². The second-order valence-electron chi connectivity index (χ2n) is 8.75. The van der Waals surface area contributed by atoms with Crippen molar-refractivity contribution in [1.29, 1.82) is 0 Å². The summed E-state index contributed by atoms with van der Waals surface area (Å²) in [6.07, 6.45) is 5.37. The van der Waals surface area contributed by atoms with Crippen molar-refractivity contribution in [3.63, 3.8) is 0 Å². The lowest BCUT2D eigenvalue weighted by Gasteiger charge is -2.30. The van der Waals surface area contributed by atoms with Crippen molar-refractivity contribution in [3.8, 4) is 5.75 Å². The highest BCUT2D eigenvalue weighted by Gasteiger charge is 2.35. The van der Waals surface area contributed by atoms with Gasteiger partial charge in [0.1, 0.15) is 5.75 Å². The van der Waals surface area contributed by atoms with Crippen LogP contribution in [0.5, 0.6) is 5.75 Å². The summed E-state index contributed by atoms with van der Waals surface area (Å²) in [5.41, 5.74) is 6.10. The minimum atomic E-state index is -3.42. The summed E-state index contributed by atoms with van der Waals surface area (Å²) in [5, 5.41) is 10.5. The monoisotopic (exact) mass is 546 g/mol. The number of ether oxygens (including phenoxy) is 1. The molecule has 0 amide bonds. The van der Waals surface area contributed by atoms with Crippen LogP contribution in [0.1, 0.15) is 68.9 Å². The number of aliphatic hydroxyl groups excluding tert-OH is 1. The number of aryl methyl sites for hydroxylation is 2. The molecule has 0 radical (unpaired) electrons. The second-order valence-corrected chi connectivity index (χ2v) is 11.1. The standard InChI is InChI=1S/C28H34ClO5P.C2H6/c1-6-22(16-23(7-2)21(5)30)17-27-19(3)14-26(15-20(27)4)32-18-35(31)33-13-12-28(34-35)24-8-10-25(29)11-9-24;1-2/h6,8-11,14-16,28,30H,1,7,12-13,17-18H2,2-5H3;1-2H3/b22-16+,23-21+;. The Morgan fingerprint density at radius 1 is 1.22 bits per heavy atom. The molecule has 1 aliphatic heterocycles. The van der Waals surface area contributed by atoms with E-state index in [4.69, 9.17) is 25.4 Å². The molecule has 0 saturated carbocycles. The first kappa shape index (κ1) is 30.9. The summed E-state index contributed by atoms with van der Waals surface area (Å²) in [4.78, 5) is 0. The number of hydrogen-bond acceptors (Lipinski definition) is 5. The molecule has 0 aliphatic carbocycles. The van der Waals surface area contributed by atoms with E-state index >= 15 is 0 Å². The Hall–Kier alpha value is -2.30. The van der Waals surface area contributed by atoms with Gasteiger partial charge in [-0.25, -0.2) is 0 Å². The fourth-order valence-electron chi connectivity index (χ4n) is 4.09. The second kappa shape index (κ2) is 14.6. The molecule has 1 saturated heterocycles. The normalized spacial score (nSPS) is 20.4. The van der Waals surface area contributed by atoms with Crippen LogP contribution in [-0.2, 0) is 20.0 Å². The lowest BCUT2D eigenvalue weighted by atomic mass is 9.94. The van der Waals surface area contributed by atoms with Crippen LogP contribution in [0.3, 0.4) is 0 Å². The van der Waals surface area contributed by atoms with Gasteiger partial charge in [0.2, 0.25) is 0 Å². The van der Waals surface area contributed by atoms with Crippen molar-refractivity contribution < 1.29 is 23.5 Å². The van der Waals surface area contributed by atoms with Crippen LogP contribution in [0.2, 0.25) is 5.02 Å². The predicted molar refractivity (Wildman–Crippen MR) is 154 cm³/mol. The van der Waals surface area contributed by atoms with Crippen LogP contribution in [0.15, 0.2) is 72.0 Å². The Balaban J connectivity index is 0.00000235. The first-order valence-electron chi connectivity index (χ1n) is 12.8. The molecule has 1 fully saturated rings. The third kappa shape index (κ3) is 8.90. The number of hydrogen-bond donors (Lipinski definition) is 1. The van der Waals surface area contributed by atoms with Gasteiger partial charge in [0, 0.05) is 11.4 Å². The van der Waals surface area contributed by atoms with E-state index in [2.05, 4.69) is 6.58 Å². The largest absolute Gasteiger partial charge is 0.512 e. The summed E-state index contributed by atoms with van der Waals surface area (Å²) in [7, 11) is -3.42. The first-order chi connectivity index (χ1) is 17.6. The molecular weight excluding hydrogens is 507 g/mol. The van der Waals surface area contributed by atoms with E-state index in [0.717, 1.165) is 39.8 Å². The highest BCUT2D eigenvalue weighted by molar-refractivity contribution is 7.53. The van der Waals surface area contributed by atoms with Crippen LogP contribution in [0.4, 0.5) is 0 Å². The highest BCUT2D eigenvalue weighted by atomic mass is 35.5. The van der Waals surface area contributed by atoms with Crippen molar-refractivity contribution in [3.05, 3.63) is 99.3 Å². The number of halogens is 1. The van der Waals surface area contributed by atoms with Gasteiger partial charge in [-0.2, -0.15) is 0 Å². The maximum absolute atomic E-state index is 13.2. The Kier molecular flexibility index (Phi) is 12.2. The summed E-state index contributed by atoms with van der Waals surface area (Å²) < 4.78 is 30.5. The van der Waals surface area contributed by atoms with Gasteiger partial charge >= 0.3 is 7.60 Å². The molecule has 1 aliphatic rings. The van der Waals surface area contributed by atoms with Gasteiger partial charge in [-0.1, -0.05) is 63.2 Å². The molecule has 0 bridgehead atoms. The zero-order valence-electron chi connectivity index (χ0n) is 22.8. The molecule has 37 heavy (non-hydrogen) atoms. The lowest BCUT2D eigenvalue weighted by molar-refractivity contribution is 0.0725. The number of benzene rings is 2. The quantitative estimate of drug-likeness (QED) is 0.193. The minimum absolute atomic E-state index is 0.159. The van der Waals surface area contributed by atoms with Gasteiger partial charge in [-0.05, 0) is 91.3 Å². The molecule has 0 spiro atoms. The third-order valence-electron chi connectivity index (χ3n) is 6.10. The maximum atomic E-state index is 13.2. The molecule has 5 nitrogen and oxygen atoms in total. The molecule has 202 valence electrons. The Bertz CT molecular complexity index is 1140. The summed E-state index contributed by atoms with van der Waals surface area (Å²) >= 11 is 5.98. The molecular formula is C30H40ClO5P. The van der Waals surface area contributed by atoms with E-state index in [1.807, 2.05) is 71.0 Å². The molecule has 2 aromatic rings. The Labute approximate surface area is 227 Å². The zero-order valence-corrected chi connectivity index (χ0v) is 24.5. The number of rotatable bonds is 9. The van der Waals surface area contributed by atoms with Crippen molar-refractivity contribution >= 4 is 19.2 Å². The predicted octanol–water partition coefficient (Wildman–Crippen LogP) is 9.59. The highest BCUT2D eigenvalue weighted by Crippen LogP contribution is 2.56. The molecule has 3 rings (SSSR count). The summed E-state index contributed by atoms with van der Waals surface area (Å²) in [6.45, 7) is 16.0. The van der Waals surface area contributed by atoms with Crippen LogP contribution < -0.4 is 4.74 Å². The Morgan fingerprint density at radius 2 is 1.84 bits per heavy atom. The van der Waals surface area contributed by atoms with Crippen molar-refractivity contribution in [2.45, 2.75) is 66.9 Å². The van der Waals surface area contributed by atoms with Crippen LogP contribution in [-0.4, -0.2) is 18.1 Å². The SMILES string of the molecule is C=C/C(=C\C(CC)=C(/C)O)Cc1c(C)cc(OCP2(=O)OCCC(c3ccc(Cl)cc3)O2)cc1C.CC. The number of aliphatic hydroxyl groups is 1. The van der Waals surface area contributed by atoms with Gasteiger partial charge in [0.25, 0.3) is 0 Å². The minimum Gasteiger partial charge on any atom is -0.512 e. The van der Waals surface area contributed by atoms with E-state index in [1.54, 1.807) is 19.1 Å². The fraction of sp³-hybridized carbons (Fsp3) is 0.400. The third-order valence-corrected chi connectivity index (χ3v) is 7.95. The average Bonchev–Trinajstić information content (AvgIpc) is 2.88. The fourth-order valence-corrected chi connectivity index (χ4v) is 5.72. The van der Waals surface area contributed by atoms with Gasteiger partial charge in [0.15, 0.2) is 6.35 Å². The van der Waals surface area contributed by atoms with Crippen LogP contribution >= 0.6 is 19.2 Å². The van der Waals surface area contributed by atoms with Gasteiger partial charge in [-0.3, -0.25) is 9.09 Å². The molecule has 2 unspecified atom stereocenters. The molecule has 0 aromatic heterocycles. The molecule has 7 heteroatoms. The van der Waals surface area contributed by atoms with E-state index in [0.29, 0.717) is 36.0 Å². The van der Waals surface area contributed by atoms with Crippen molar-refractivity contribution in [1.82, 2.24) is 0 Å². The first-order valence-corrected chi connectivity index (χ1v) is 14.9. The van der Waals surface area contributed by atoms with Crippen LogP contribution in [0, 0.1) is 13.8 Å². The zero-order chi connectivity index (χ0) is 27.6. The molecule has 1 N–H and O–H groups in total. The van der Waals surface area contributed by atoms with Crippen molar-refractivity contribution in [2.24, 2.45) is 0 Å². The van der Waals surface area contributed by atoms with E-state index in [-0.39, 0.29) is 12.5 Å². The number of allylic oxidation sites excluding steroid dienone is 5. The topological polar surface area (TPSA) is 65.0 Å². The smallest absolute Gasteiger partial charge is 0.368 e.